The van der Waals surface area contributed by atoms with Crippen molar-refractivity contribution < 1.29 is 14.7 Å². The first-order valence-electron chi connectivity index (χ1n) is 6.19. The number of carboxylic acids is 1. The van der Waals surface area contributed by atoms with Crippen LogP contribution < -0.4 is 0 Å². The van der Waals surface area contributed by atoms with Gasteiger partial charge in [0.1, 0.15) is 15.9 Å². The first-order chi connectivity index (χ1) is 9.66. The van der Waals surface area contributed by atoms with Crippen LogP contribution in [0.4, 0.5) is 0 Å². The van der Waals surface area contributed by atoms with Crippen molar-refractivity contribution in [1.82, 2.24) is 9.88 Å². The van der Waals surface area contributed by atoms with Gasteiger partial charge in [-0.25, -0.2) is 9.78 Å². The van der Waals surface area contributed by atoms with Crippen molar-refractivity contribution in [2.75, 3.05) is 6.54 Å². The van der Waals surface area contributed by atoms with Crippen LogP contribution >= 0.6 is 22.7 Å². The van der Waals surface area contributed by atoms with Crippen LogP contribution in [0, 0.1) is 0 Å². The Labute approximate surface area is 123 Å². The molecule has 5 nitrogen and oxygen atoms in total. The molecule has 0 radical (unpaired) electrons. The van der Waals surface area contributed by atoms with Crippen LogP contribution in [-0.2, 0) is 4.79 Å². The van der Waals surface area contributed by atoms with Crippen LogP contribution in [0.25, 0.3) is 10.6 Å². The topological polar surface area (TPSA) is 70.5 Å². The van der Waals surface area contributed by atoms with Gasteiger partial charge in [0.2, 0.25) is 0 Å². The smallest absolute Gasteiger partial charge is 0.326 e. The maximum Gasteiger partial charge on any atom is 0.326 e. The Morgan fingerprint density at radius 2 is 2.30 bits per heavy atom. The molecule has 2 aromatic rings. The third-order valence-electron chi connectivity index (χ3n) is 3.28. The normalized spacial score (nSPS) is 18.4. The van der Waals surface area contributed by atoms with Gasteiger partial charge in [-0.3, -0.25) is 4.79 Å². The standard InChI is InChI=1S/C13H12N2O3S2/c16-12(15-4-1-2-9(15)13(17)18)10-6-14-11(20-10)8-3-5-19-7-8/h3,5-7,9H,1-2,4H2,(H,17,18)/t9-/m0/s1. The maximum atomic E-state index is 12.4. The quantitative estimate of drug-likeness (QED) is 0.946. The summed E-state index contributed by atoms with van der Waals surface area (Å²) in [6, 6.07) is 1.25. The van der Waals surface area contributed by atoms with Gasteiger partial charge < -0.3 is 10.0 Å². The van der Waals surface area contributed by atoms with E-state index >= 15 is 0 Å². The number of thiazole rings is 1. The van der Waals surface area contributed by atoms with Crippen molar-refractivity contribution >= 4 is 34.6 Å². The van der Waals surface area contributed by atoms with Crippen LogP contribution in [0.15, 0.2) is 23.0 Å². The Kier molecular flexibility index (Phi) is 3.54. The predicted octanol–water partition coefficient (Wildman–Crippen LogP) is 2.56. The molecule has 20 heavy (non-hydrogen) atoms. The Balaban J connectivity index is 1.83. The third-order valence-corrected chi connectivity index (χ3v) is 5.00. The van der Waals surface area contributed by atoms with Gasteiger partial charge in [-0.2, -0.15) is 11.3 Å². The Morgan fingerprint density at radius 3 is 3.00 bits per heavy atom. The maximum absolute atomic E-state index is 12.4. The Hall–Kier alpha value is -1.73. The van der Waals surface area contributed by atoms with Crippen molar-refractivity contribution in [3.05, 3.63) is 27.9 Å². The zero-order chi connectivity index (χ0) is 14.1. The minimum atomic E-state index is -0.932. The molecule has 104 valence electrons. The number of nitrogens with zero attached hydrogens (tertiary/aromatic N) is 2. The summed E-state index contributed by atoms with van der Waals surface area (Å²) >= 11 is 2.89. The minimum absolute atomic E-state index is 0.228. The largest absolute Gasteiger partial charge is 0.480 e. The van der Waals surface area contributed by atoms with E-state index in [0.717, 1.165) is 17.0 Å². The molecule has 0 unspecified atom stereocenters. The second-order valence-electron chi connectivity index (χ2n) is 4.54. The number of thiophene rings is 1. The molecule has 7 heteroatoms. The molecule has 1 saturated heterocycles. The molecule has 0 aromatic carbocycles. The lowest BCUT2D eigenvalue weighted by Gasteiger charge is -2.20. The monoisotopic (exact) mass is 308 g/mol. The number of carboxylic acid groups (broad SMARTS) is 1. The number of aliphatic carboxylic acids is 1. The van der Waals surface area contributed by atoms with E-state index < -0.39 is 12.0 Å². The molecule has 1 amide bonds. The number of carbonyl (C=O) groups excluding carboxylic acids is 1. The van der Waals surface area contributed by atoms with Crippen LogP contribution in [0.5, 0.6) is 0 Å². The molecular formula is C13H12N2O3S2. The van der Waals surface area contributed by atoms with E-state index in [1.54, 1.807) is 11.3 Å². The summed E-state index contributed by atoms with van der Waals surface area (Å²) in [6.07, 6.45) is 2.80. The summed E-state index contributed by atoms with van der Waals surface area (Å²) in [6.45, 7) is 0.501. The van der Waals surface area contributed by atoms with Crippen LogP contribution in [0.1, 0.15) is 22.5 Å². The zero-order valence-corrected chi connectivity index (χ0v) is 12.1. The summed E-state index contributed by atoms with van der Waals surface area (Å²) in [5.41, 5.74) is 0.996. The summed E-state index contributed by atoms with van der Waals surface area (Å²) in [5.74, 6) is -1.16. The second kappa shape index (κ2) is 5.34. The van der Waals surface area contributed by atoms with Crippen molar-refractivity contribution in [1.29, 1.82) is 0 Å². The molecule has 0 aliphatic carbocycles. The van der Waals surface area contributed by atoms with E-state index in [-0.39, 0.29) is 5.91 Å². The van der Waals surface area contributed by atoms with E-state index in [4.69, 9.17) is 5.11 Å². The summed E-state index contributed by atoms with van der Waals surface area (Å²) in [4.78, 5) is 29.7. The average molecular weight is 308 g/mol. The molecule has 1 N–H and O–H groups in total. The fraction of sp³-hybridized carbons (Fsp3) is 0.308. The van der Waals surface area contributed by atoms with Crippen molar-refractivity contribution in [2.24, 2.45) is 0 Å². The number of likely N-dealkylation sites (tertiary alicyclic amines) is 1. The number of aromatic nitrogens is 1. The molecule has 1 fully saturated rings. The summed E-state index contributed by atoms with van der Waals surface area (Å²) in [7, 11) is 0. The SMILES string of the molecule is O=C(O)[C@@H]1CCCN1C(=O)c1cnc(-c2ccsc2)s1. The highest BCUT2D eigenvalue weighted by Gasteiger charge is 2.35. The van der Waals surface area contributed by atoms with E-state index in [1.807, 2.05) is 16.8 Å². The molecule has 3 rings (SSSR count). The average Bonchev–Trinajstić information content (AvgIpc) is 3.17. The second-order valence-corrected chi connectivity index (χ2v) is 6.35. The highest BCUT2D eigenvalue weighted by atomic mass is 32.1. The van der Waals surface area contributed by atoms with Gasteiger partial charge >= 0.3 is 5.97 Å². The molecule has 0 bridgehead atoms. The van der Waals surface area contributed by atoms with Crippen LogP contribution in [0.2, 0.25) is 0 Å². The van der Waals surface area contributed by atoms with Gasteiger partial charge in [-0.1, -0.05) is 0 Å². The zero-order valence-electron chi connectivity index (χ0n) is 10.5. The Bertz CT molecular complexity index is 636. The lowest BCUT2D eigenvalue weighted by molar-refractivity contribution is -0.141. The van der Waals surface area contributed by atoms with Gasteiger partial charge in [0, 0.05) is 17.5 Å². The van der Waals surface area contributed by atoms with Gasteiger partial charge in [-0.15, -0.1) is 11.3 Å². The van der Waals surface area contributed by atoms with Crippen LogP contribution in [0.3, 0.4) is 0 Å². The number of amides is 1. The molecule has 0 saturated carbocycles. The van der Waals surface area contributed by atoms with Gasteiger partial charge in [-0.05, 0) is 24.3 Å². The number of hydrogen-bond donors (Lipinski definition) is 1. The van der Waals surface area contributed by atoms with Crippen molar-refractivity contribution in [3.63, 3.8) is 0 Å². The number of hydrogen-bond acceptors (Lipinski definition) is 5. The van der Waals surface area contributed by atoms with Crippen molar-refractivity contribution in [3.8, 4) is 10.6 Å². The first kappa shape index (κ1) is 13.3. The summed E-state index contributed by atoms with van der Waals surface area (Å²) in [5, 5.41) is 13.9. The molecule has 1 aliphatic heterocycles. The van der Waals surface area contributed by atoms with E-state index in [2.05, 4.69) is 4.98 Å². The molecule has 2 aromatic heterocycles. The third kappa shape index (κ3) is 2.34. The molecule has 1 aliphatic rings. The lowest BCUT2D eigenvalue weighted by Crippen LogP contribution is -2.40. The molecule has 0 spiro atoms. The van der Waals surface area contributed by atoms with E-state index in [9.17, 15) is 9.59 Å². The van der Waals surface area contributed by atoms with Crippen LogP contribution in [-0.4, -0.2) is 39.5 Å². The fourth-order valence-electron chi connectivity index (χ4n) is 2.30. The highest BCUT2D eigenvalue weighted by Crippen LogP contribution is 2.29. The number of rotatable bonds is 3. The molecule has 1 atom stereocenters. The molecule has 3 heterocycles. The summed E-state index contributed by atoms with van der Waals surface area (Å²) < 4.78 is 0. The van der Waals surface area contributed by atoms with E-state index in [0.29, 0.717) is 17.8 Å². The van der Waals surface area contributed by atoms with Gasteiger partial charge in [0.25, 0.3) is 5.91 Å². The number of carbonyl (C=O) groups is 2. The first-order valence-corrected chi connectivity index (χ1v) is 7.95. The van der Waals surface area contributed by atoms with E-state index in [1.165, 1.54) is 22.4 Å². The van der Waals surface area contributed by atoms with Gasteiger partial charge in [0.05, 0.1) is 6.20 Å². The van der Waals surface area contributed by atoms with Gasteiger partial charge in [0.15, 0.2) is 0 Å². The Morgan fingerprint density at radius 1 is 1.45 bits per heavy atom. The predicted molar refractivity (Wildman–Crippen MR) is 77.1 cm³/mol. The highest BCUT2D eigenvalue weighted by molar-refractivity contribution is 7.17. The lowest BCUT2D eigenvalue weighted by atomic mass is 10.2. The van der Waals surface area contributed by atoms with Crippen molar-refractivity contribution in [2.45, 2.75) is 18.9 Å². The molecular weight excluding hydrogens is 296 g/mol. The fourth-order valence-corrected chi connectivity index (χ4v) is 3.88. The minimum Gasteiger partial charge on any atom is -0.480 e.